The molecule has 0 saturated carbocycles. The lowest BCUT2D eigenvalue weighted by atomic mass is 10.1. The second-order valence-corrected chi connectivity index (χ2v) is 7.66. The molecular weight excluding hydrogens is 298 g/mol. The number of carbonyl (C=O) groups is 1. The fraction of sp³-hybridized carbons (Fsp3) is 0.294. The van der Waals surface area contributed by atoms with Gasteiger partial charge in [-0.3, -0.25) is 9.69 Å². The van der Waals surface area contributed by atoms with Gasteiger partial charge in [0.15, 0.2) is 0 Å². The number of thioether (sulfide) groups is 1. The van der Waals surface area contributed by atoms with E-state index in [1.807, 2.05) is 64.1 Å². The molecule has 0 spiro atoms. The minimum Gasteiger partial charge on any atom is -0.288 e. The normalized spacial score (nSPS) is 18.8. The van der Waals surface area contributed by atoms with Gasteiger partial charge in [0.25, 0.3) is 5.91 Å². The van der Waals surface area contributed by atoms with Gasteiger partial charge in [0, 0.05) is 5.54 Å². The highest BCUT2D eigenvalue weighted by Crippen LogP contribution is 2.36. The number of thiocarbonyl (C=S) groups is 1. The molecule has 1 aliphatic rings. The van der Waals surface area contributed by atoms with E-state index in [0.29, 0.717) is 9.23 Å². The van der Waals surface area contributed by atoms with Crippen molar-refractivity contribution in [1.82, 2.24) is 4.90 Å². The van der Waals surface area contributed by atoms with E-state index in [-0.39, 0.29) is 11.4 Å². The second kappa shape index (κ2) is 6.16. The number of rotatable bonds is 2. The largest absolute Gasteiger partial charge is 0.288 e. The fourth-order valence-electron chi connectivity index (χ4n) is 2.11. The standard InChI is InChI=1S/C17H19NOS2/c1-12(10-13-8-6-5-7-9-13)11-14-15(19)18(16(20)21-14)17(2,3)4/h5-11H,1-4H3/b12-10+,14-11-. The lowest BCUT2D eigenvalue weighted by Crippen LogP contribution is -2.44. The molecule has 1 aliphatic heterocycles. The van der Waals surface area contributed by atoms with Gasteiger partial charge in [-0.25, -0.2) is 0 Å². The van der Waals surface area contributed by atoms with Gasteiger partial charge >= 0.3 is 0 Å². The topological polar surface area (TPSA) is 20.3 Å². The Bertz CT molecular complexity index is 624. The van der Waals surface area contributed by atoms with E-state index in [1.54, 1.807) is 4.90 Å². The maximum absolute atomic E-state index is 12.5. The van der Waals surface area contributed by atoms with E-state index < -0.39 is 0 Å². The average molecular weight is 317 g/mol. The smallest absolute Gasteiger partial charge is 0.266 e. The molecule has 0 aromatic heterocycles. The summed E-state index contributed by atoms with van der Waals surface area (Å²) in [6.07, 6.45) is 3.97. The Hall–Kier alpha value is -1.39. The van der Waals surface area contributed by atoms with Gasteiger partial charge in [-0.15, -0.1) is 0 Å². The molecule has 21 heavy (non-hydrogen) atoms. The molecule has 0 atom stereocenters. The molecule has 1 saturated heterocycles. The highest BCUT2D eigenvalue weighted by atomic mass is 32.2. The minimum absolute atomic E-state index is 0.00156. The Kier molecular flexibility index (Phi) is 4.69. The van der Waals surface area contributed by atoms with Gasteiger partial charge in [-0.1, -0.05) is 60.4 Å². The highest BCUT2D eigenvalue weighted by Gasteiger charge is 2.38. The third kappa shape index (κ3) is 3.83. The van der Waals surface area contributed by atoms with Crippen molar-refractivity contribution in [3.05, 3.63) is 52.4 Å². The molecule has 1 aromatic carbocycles. The summed E-state index contributed by atoms with van der Waals surface area (Å²) in [5.74, 6) is -0.00156. The summed E-state index contributed by atoms with van der Waals surface area (Å²) in [7, 11) is 0. The zero-order valence-electron chi connectivity index (χ0n) is 12.7. The summed E-state index contributed by atoms with van der Waals surface area (Å²) < 4.78 is 0.631. The van der Waals surface area contributed by atoms with Crippen LogP contribution in [0.5, 0.6) is 0 Å². The van der Waals surface area contributed by atoms with E-state index in [4.69, 9.17) is 12.2 Å². The first-order valence-corrected chi connectivity index (χ1v) is 8.03. The van der Waals surface area contributed by atoms with E-state index in [9.17, 15) is 4.79 Å². The van der Waals surface area contributed by atoms with Crippen molar-refractivity contribution in [2.45, 2.75) is 33.2 Å². The summed E-state index contributed by atoms with van der Waals surface area (Å²) in [6.45, 7) is 7.98. The molecule has 0 N–H and O–H groups in total. The molecule has 1 heterocycles. The third-order valence-corrected chi connectivity index (χ3v) is 4.32. The monoisotopic (exact) mass is 317 g/mol. The first kappa shape index (κ1) is 16.0. The predicted octanol–water partition coefficient (Wildman–Crippen LogP) is 4.63. The Balaban J connectivity index is 2.25. The molecule has 0 unspecified atom stereocenters. The van der Waals surface area contributed by atoms with E-state index >= 15 is 0 Å². The Morgan fingerprint density at radius 2 is 1.86 bits per heavy atom. The number of carbonyl (C=O) groups excluding carboxylic acids is 1. The van der Waals surface area contributed by atoms with Crippen molar-refractivity contribution in [3.63, 3.8) is 0 Å². The number of benzene rings is 1. The Labute approximate surface area is 135 Å². The molecule has 4 heteroatoms. The van der Waals surface area contributed by atoms with Gasteiger partial charge in [0.2, 0.25) is 0 Å². The van der Waals surface area contributed by atoms with Crippen LogP contribution in [0.15, 0.2) is 46.9 Å². The molecule has 1 aromatic rings. The summed E-state index contributed by atoms with van der Waals surface area (Å²) in [5, 5.41) is 0. The lowest BCUT2D eigenvalue weighted by molar-refractivity contribution is -0.125. The maximum atomic E-state index is 12.5. The van der Waals surface area contributed by atoms with Crippen LogP contribution in [0.3, 0.4) is 0 Å². The van der Waals surface area contributed by atoms with Crippen molar-refractivity contribution < 1.29 is 4.79 Å². The second-order valence-electron chi connectivity index (χ2n) is 5.99. The summed E-state index contributed by atoms with van der Waals surface area (Å²) >= 11 is 6.71. The molecular formula is C17H19NOS2. The van der Waals surface area contributed by atoms with Crippen molar-refractivity contribution in [3.8, 4) is 0 Å². The molecule has 2 nitrogen and oxygen atoms in total. The average Bonchev–Trinajstić information content (AvgIpc) is 2.64. The molecule has 1 amide bonds. The molecule has 2 rings (SSSR count). The SMILES string of the molecule is CC(/C=C1\SC(=S)N(C(C)(C)C)C1=O)=C\c1ccccc1. The number of hydrogen-bond acceptors (Lipinski definition) is 3. The van der Waals surface area contributed by atoms with Gasteiger partial charge in [0.05, 0.1) is 4.91 Å². The van der Waals surface area contributed by atoms with Gasteiger partial charge in [0.1, 0.15) is 4.32 Å². The first-order chi connectivity index (χ1) is 9.79. The third-order valence-electron chi connectivity index (χ3n) is 3.02. The summed E-state index contributed by atoms with van der Waals surface area (Å²) in [4.78, 5) is 14.9. The lowest BCUT2D eigenvalue weighted by Gasteiger charge is -2.30. The first-order valence-electron chi connectivity index (χ1n) is 6.80. The predicted molar refractivity (Wildman–Crippen MR) is 95.0 cm³/mol. The zero-order valence-corrected chi connectivity index (χ0v) is 14.3. The van der Waals surface area contributed by atoms with Crippen molar-refractivity contribution >= 4 is 40.3 Å². The van der Waals surface area contributed by atoms with Crippen LogP contribution < -0.4 is 0 Å². The van der Waals surface area contributed by atoms with Crippen LogP contribution in [0.1, 0.15) is 33.3 Å². The quantitative estimate of drug-likeness (QED) is 0.586. The number of allylic oxidation sites excluding steroid dienone is 2. The van der Waals surface area contributed by atoms with Gasteiger partial charge in [-0.2, -0.15) is 0 Å². The number of hydrogen-bond donors (Lipinski definition) is 0. The molecule has 110 valence electrons. The van der Waals surface area contributed by atoms with Crippen molar-refractivity contribution in [1.29, 1.82) is 0 Å². The number of nitrogens with zero attached hydrogens (tertiary/aromatic N) is 1. The Morgan fingerprint density at radius 1 is 1.24 bits per heavy atom. The fourth-order valence-corrected chi connectivity index (χ4v) is 3.79. The van der Waals surface area contributed by atoms with Crippen LogP contribution in [-0.4, -0.2) is 20.7 Å². The molecule has 0 bridgehead atoms. The van der Waals surface area contributed by atoms with Crippen molar-refractivity contribution in [2.24, 2.45) is 0 Å². The molecule has 1 fully saturated rings. The molecule has 0 aliphatic carbocycles. The summed E-state index contributed by atoms with van der Waals surface area (Å²) in [6, 6.07) is 10.1. The van der Waals surface area contributed by atoms with Crippen LogP contribution in [0, 0.1) is 0 Å². The van der Waals surface area contributed by atoms with Gasteiger partial charge < -0.3 is 0 Å². The highest BCUT2D eigenvalue weighted by molar-refractivity contribution is 8.26. The summed E-state index contributed by atoms with van der Waals surface area (Å²) in [5.41, 5.74) is 1.88. The van der Waals surface area contributed by atoms with Crippen molar-refractivity contribution in [2.75, 3.05) is 0 Å². The van der Waals surface area contributed by atoms with E-state index in [0.717, 1.165) is 11.1 Å². The van der Waals surface area contributed by atoms with E-state index in [1.165, 1.54) is 11.8 Å². The van der Waals surface area contributed by atoms with Gasteiger partial charge in [-0.05, 0) is 44.9 Å². The van der Waals surface area contributed by atoms with Crippen LogP contribution in [0.2, 0.25) is 0 Å². The van der Waals surface area contributed by atoms with Crippen LogP contribution in [0.25, 0.3) is 6.08 Å². The van der Waals surface area contributed by atoms with E-state index in [2.05, 4.69) is 6.08 Å². The Morgan fingerprint density at radius 3 is 2.38 bits per heavy atom. The zero-order chi connectivity index (χ0) is 15.6. The van der Waals surface area contributed by atoms with Crippen LogP contribution >= 0.6 is 24.0 Å². The minimum atomic E-state index is -0.284. The number of amides is 1. The van der Waals surface area contributed by atoms with Crippen LogP contribution in [-0.2, 0) is 4.79 Å². The van der Waals surface area contributed by atoms with Crippen LogP contribution in [0.4, 0.5) is 0 Å². The molecule has 0 radical (unpaired) electrons. The maximum Gasteiger partial charge on any atom is 0.266 e.